The Morgan fingerprint density at radius 1 is 1.53 bits per heavy atom. The van der Waals surface area contributed by atoms with E-state index in [4.69, 9.17) is 16.3 Å². The van der Waals surface area contributed by atoms with Crippen LogP contribution in [-0.4, -0.2) is 29.5 Å². The first-order valence-corrected chi connectivity index (χ1v) is 6.08. The normalized spacial score (nSPS) is 20.9. The van der Waals surface area contributed by atoms with Crippen molar-refractivity contribution in [1.29, 1.82) is 0 Å². The summed E-state index contributed by atoms with van der Waals surface area (Å²) in [6.07, 6.45) is 0.127. The lowest BCUT2D eigenvalue weighted by Gasteiger charge is -2.24. The summed E-state index contributed by atoms with van der Waals surface area (Å²) in [5.74, 6) is 0. The van der Waals surface area contributed by atoms with Crippen LogP contribution in [0, 0.1) is 0 Å². The van der Waals surface area contributed by atoms with Gasteiger partial charge in [0.05, 0.1) is 18.2 Å². The SMILES string of the molecule is Cn1nc(Cl)c2ccc(C3CNCCO3)cc21. The van der Waals surface area contributed by atoms with E-state index in [1.54, 1.807) is 4.68 Å². The molecule has 90 valence electrons. The highest BCUT2D eigenvalue weighted by Gasteiger charge is 2.17. The van der Waals surface area contributed by atoms with Crippen LogP contribution in [0.5, 0.6) is 0 Å². The fourth-order valence-corrected chi connectivity index (χ4v) is 2.48. The number of nitrogens with one attached hydrogen (secondary N) is 1. The fraction of sp³-hybridized carbons (Fsp3) is 0.417. The molecular formula is C12H14ClN3O. The minimum absolute atomic E-state index is 0.127. The Kier molecular flexibility index (Phi) is 2.78. The molecule has 0 amide bonds. The van der Waals surface area contributed by atoms with Crippen molar-refractivity contribution in [3.05, 3.63) is 28.9 Å². The van der Waals surface area contributed by atoms with Gasteiger partial charge < -0.3 is 10.1 Å². The van der Waals surface area contributed by atoms with E-state index in [9.17, 15) is 0 Å². The van der Waals surface area contributed by atoms with E-state index in [1.807, 2.05) is 13.1 Å². The largest absolute Gasteiger partial charge is 0.371 e. The summed E-state index contributed by atoms with van der Waals surface area (Å²) in [5, 5.41) is 9.07. The Morgan fingerprint density at radius 3 is 3.18 bits per heavy atom. The molecule has 1 atom stereocenters. The van der Waals surface area contributed by atoms with Crippen molar-refractivity contribution < 1.29 is 4.74 Å². The van der Waals surface area contributed by atoms with Crippen LogP contribution in [0.3, 0.4) is 0 Å². The predicted molar refractivity (Wildman–Crippen MR) is 67.3 cm³/mol. The van der Waals surface area contributed by atoms with Gasteiger partial charge >= 0.3 is 0 Å². The molecule has 17 heavy (non-hydrogen) atoms. The summed E-state index contributed by atoms with van der Waals surface area (Å²) < 4.78 is 7.54. The molecule has 1 aliphatic rings. The maximum Gasteiger partial charge on any atom is 0.158 e. The van der Waals surface area contributed by atoms with E-state index in [1.165, 1.54) is 5.56 Å². The molecule has 5 heteroatoms. The average Bonchev–Trinajstić information content (AvgIpc) is 2.66. The van der Waals surface area contributed by atoms with Crippen molar-refractivity contribution in [3.8, 4) is 0 Å². The van der Waals surface area contributed by atoms with Gasteiger partial charge in [-0.2, -0.15) is 5.10 Å². The van der Waals surface area contributed by atoms with Gasteiger partial charge in [0.1, 0.15) is 0 Å². The van der Waals surface area contributed by atoms with E-state index in [2.05, 4.69) is 22.5 Å². The summed E-state index contributed by atoms with van der Waals surface area (Å²) in [7, 11) is 1.90. The molecule has 1 aromatic carbocycles. The Morgan fingerprint density at radius 2 is 2.41 bits per heavy atom. The molecule has 0 aliphatic carbocycles. The van der Waals surface area contributed by atoms with Crippen molar-refractivity contribution in [3.63, 3.8) is 0 Å². The van der Waals surface area contributed by atoms with Gasteiger partial charge in [-0.3, -0.25) is 4.68 Å². The molecular weight excluding hydrogens is 238 g/mol. The molecule has 1 N–H and O–H groups in total. The highest BCUT2D eigenvalue weighted by atomic mass is 35.5. The third-order valence-corrected chi connectivity index (χ3v) is 3.41. The van der Waals surface area contributed by atoms with Gasteiger partial charge in [-0.05, 0) is 17.7 Å². The van der Waals surface area contributed by atoms with Crippen LogP contribution in [0.2, 0.25) is 5.15 Å². The summed E-state index contributed by atoms with van der Waals surface area (Å²) in [4.78, 5) is 0. The van der Waals surface area contributed by atoms with Crippen LogP contribution in [0.15, 0.2) is 18.2 Å². The number of ether oxygens (including phenoxy) is 1. The number of fused-ring (bicyclic) bond motifs is 1. The van der Waals surface area contributed by atoms with Crippen LogP contribution in [0.1, 0.15) is 11.7 Å². The zero-order valence-corrected chi connectivity index (χ0v) is 10.4. The van der Waals surface area contributed by atoms with Crippen molar-refractivity contribution in [1.82, 2.24) is 15.1 Å². The molecule has 2 heterocycles. The smallest absolute Gasteiger partial charge is 0.158 e. The molecule has 0 radical (unpaired) electrons. The van der Waals surface area contributed by atoms with Gasteiger partial charge in [-0.15, -0.1) is 0 Å². The van der Waals surface area contributed by atoms with Gasteiger partial charge in [0.25, 0.3) is 0 Å². The Balaban J connectivity index is 2.03. The quantitative estimate of drug-likeness (QED) is 0.841. The van der Waals surface area contributed by atoms with Crippen LogP contribution in [-0.2, 0) is 11.8 Å². The zero-order valence-electron chi connectivity index (χ0n) is 9.61. The van der Waals surface area contributed by atoms with E-state index in [-0.39, 0.29) is 6.10 Å². The first-order valence-electron chi connectivity index (χ1n) is 5.70. The Labute approximate surface area is 105 Å². The number of rotatable bonds is 1. The molecule has 0 spiro atoms. The van der Waals surface area contributed by atoms with E-state index in [0.717, 1.165) is 30.6 Å². The number of nitrogens with zero attached hydrogens (tertiary/aromatic N) is 2. The number of hydrogen-bond acceptors (Lipinski definition) is 3. The van der Waals surface area contributed by atoms with E-state index < -0.39 is 0 Å². The topological polar surface area (TPSA) is 39.1 Å². The van der Waals surface area contributed by atoms with Gasteiger partial charge in [0.2, 0.25) is 0 Å². The zero-order chi connectivity index (χ0) is 11.8. The van der Waals surface area contributed by atoms with Gasteiger partial charge in [0.15, 0.2) is 5.15 Å². The lowest BCUT2D eigenvalue weighted by atomic mass is 10.1. The van der Waals surface area contributed by atoms with Crippen molar-refractivity contribution in [2.24, 2.45) is 7.05 Å². The maximum absolute atomic E-state index is 6.04. The Bertz CT molecular complexity index is 546. The molecule has 1 aromatic heterocycles. The minimum atomic E-state index is 0.127. The molecule has 1 saturated heterocycles. The summed E-state index contributed by atoms with van der Waals surface area (Å²) in [5.41, 5.74) is 2.21. The Hall–Kier alpha value is -1.10. The molecule has 1 unspecified atom stereocenters. The molecule has 4 nitrogen and oxygen atoms in total. The second-order valence-electron chi connectivity index (χ2n) is 4.25. The molecule has 1 fully saturated rings. The number of aromatic nitrogens is 2. The summed E-state index contributed by atoms with van der Waals surface area (Å²) in [6.45, 7) is 2.54. The average molecular weight is 252 g/mol. The second-order valence-corrected chi connectivity index (χ2v) is 4.61. The molecule has 0 bridgehead atoms. The van der Waals surface area contributed by atoms with Crippen LogP contribution in [0.25, 0.3) is 10.9 Å². The first-order chi connectivity index (χ1) is 8.25. The lowest BCUT2D eigenvalue weighted by Crippen LogP contribution is -2.33. The van der Waals surface area contributed by atoms with Crippen molar-refractivity contribution in [2.45, 2.75) is 6.10 Å². The highest BCUT2D eigenvalue weighted by Crippen LogP contribution is 2.27. The van der Waals surface area contributed by atoms with Crippen molar-refractivity contribution >= 4 is 22.5 Å². The van der Waals surface area contributed by atoms with Crippen LogP contribution < -0.4 is 5.32 Å². The van der Waals surface area contributed by atoms with Crippen LogP contribution >= 0.6 is 11.6 Å². The molecule has 2 aromatic rings. The van der Waals surface area contributed by atoms with Gasteiger partial charge in [0, 0.05) is 25.5 Å². The molecule has 3 rings (SSSR count). The third kappa shape index (κ3) is 1.92. The lowest BCUT2D eigenvalue weighted by molar-refractivity contribution is 0.0278. The minimum Gasteiger partial charge on any atom is -0.371 e. The van der Waals surface area contributed by atoms with Gasteiger partial charge in [-0.25, -0.2) is 0 Å². The van der Waals surface area contributed by atoms with Crippen molar-refractivity contribution in [2.75, 3.05) is 19.7 Å². The third-order valence-electron chi connectivity index (χ3n) is 3.13. The number of aryl methyl sites for hydroxylation is 1. The predicted octanol–water partition coefficient (Wildman–Crippen LogP) is 1.89. The standard InChI is InChI=1S/C12H14ClN3O/c1-16-10-6-8(11-7-14-4-5-17-11)2-3-9(10)12(13)15-16/h2-3,6,11,14H,4-5,7H2,1H3. The van der Waals surface area contributed by atoms with E-state index >= 15 is 0 Å². The fourth-order valence-electron chi connectivity index (χ4n) is 2.21. The second kappa shape index (κ2) is 4.29. The van der Waals surface area contributed by atoms with Gasteiger partial charge in [-0.1, -0.05) is 17.7 Å². The molecule has 0 saturated carbocycles. The first kappa shape index (κ1) is 11.0. The molecule has 1 aliphatic heterocycles. The number of morpholine rings is 1. The summed E-state index contributed by atoms with van der Waals surface area (Å²) in [6, 6.07) is 6.18. The maximum atomic E-state index is 6.04. The number of hydrogen-bond donors (Lipinski definition) is 1. The van der Waals surface area contributed by atoms with Crippen LogP contribution in [0.4, 0.5) is 0 Å². The monoisotopic (exact) mass is 251 g/mol. The number of benzene rings is 1. The van der Waals surface area contributed by atoms with E-state index in [0.29, 0.717) is 5.15 Å². The highest BCUT2D eigenvalue weighted by molar-refractivity contribution is 6.34. The number of halogens is 1. The summed E-state index contributed by atoms with van der Waals surface area (Å²) >= 11 is 6.04.